The molecule has 0 atom stereocenters. The molecule has 0 unspecified atom stereocenters. The van der Waals surface area contributed by atoms with Crippen molar-refractivity contribution >= 4 is 18.7 Å². The summed E-state index contributed by atoms with van der Waals surface area (Å²) in [4.78, 5) is 32.4. The second-order valence-electron chi connectivity index (χ2n) is 5.81. The first kappa shape index (κ1) is 17.6. The second-order valence-corrected chi connectivity index (χ2v) is 7.38. The highest BCUT2D eigenvalue weighted by Gasteiger charge is 2.28. The fraction of sp³-hybridized carbons (Fsp3) is 0.278. The van der Waals surface area contributed by atoms with E-state index in [4.69, 9.17) is 0 Å². The zero-order valence-electron chi connectivity index (χ0n) is 13.8. The lowest BCUT2D eigenvalue weighted by Crippen LogP contribution is -2.21. The number of ketones is 1. The van der Waals surface area contributed by atoms with Gasteiger partial charge in [0.2, 0.25) is 0 Å². The molecule has 0 heterocycles. The second kappa shape index (κ2) is 6.40. The van der Waals surface area contributed by atoms with Gasteiger partial charge in [0.15, 0.2) is 5.78 Å². The van der Waals surface area contributed by atoms with Crippen molar-refractivity contribution in [2.75, 3.05) is 0 Å². The van der Waals surface area contributed by atoms with Crippen molar-refractivity contribution in [2.24, 2.45) is 0 Å². The molecule has 0 bridgehead atoms. The summed E-state index contributed by atoms with van der Waals surface area (Å²) in [6, 6.07) is 8.48. The summed E-state index contributed by atoms with van der Waals surface area (Å²) < 4.78 is 11.8. The quantitative estimate of drug-likeness (QED) is 0.666. The first-order valence-corrected chi connectivity index (χ1v) is 9.08. The largest absolute Gasteiger partial charge is 0.356 e. The maximum Gasteiger partial charge on any atom is 0.356 e. The van der Waals surface area contributed by atoms with Crippen molar-refractivity contribution in [2.45, 2.75) is 34.1 Å². The smallest absolute Gasteiger partial charge is 0.321 e. The minimum absolute atomic E-state index is 0.137. The fourth-order valence-electron chi connectivity index (χ4n) is 3.05. The molecule has 122 valence electrons. The SMILES string of the molecule is CCc1cccc(P(=O)(O)O)c1C(=O)c1c(C)cc(C)cc1C. The topological polar surface area (TPSA) is 74.6 Å². The van der Waals surface area contributed by atoms with Crippen LogP contribution in [0.4, 0.5) is 0 Å². The van der Waals surface area contributed by atoms with Crippen LogP contribution in [-0.2, 0) is 11.0 Å². The van der Waals surface area contributed by atoms with E-state index in [1.807, 2.05) is 39.8 Å². The molecule has 0 aliphatic carbocycles. The normalized spacial score (nSPS) is 11.6. The molecule has 0 spiro atoms. The Morgan fingerprint density at radius 1 is 1.04 bits per heavy atom. The predicted molar refractivity (Wildman–Crippen MR) is 91.6 cm³/mol. The Morgan fingerprint density at radius 2 is 1.61 bits per heavy atom. The Morgan fingerprint density at radius 3 is 2.09 bits per heavy atom. The number of hydrogen-bond acceptors (Lipinski definition) is 2. The van der Waals surface area contributed by atoms with Gasteiger partial charge in [0, 0.05) is 11.1 Å². The zero-order chi connectivity index (χ0) is 17.4. The molecule has 2 rings (SSSR count). The molecule has 0 fully saturated rings. The average Bonchev–Trinajstić information content (AvgIpc) is 2.44. The number of aryl methyl sites for hydroxylation is 4. The molecule has 23 heavy (non-hydrogen) atoms. The van der Waals surface area contributed by atoms with Crippen LogP contribution in [0.1, 0.15) is 45.1 Å². The molecule has 2 aromatic rings. The molecule has 0 saturated heterocycles. The molecular weight excluding hydrogens is 311 g/mol. The van der Waals surface area contributed by atoms with Crippen LogP contribution in [0.5, 0.6) is 0 Å². The lowest BCUT2D eigenvalue weighted by molar-refractivity contribution is 0.103. The Bertz CT molecular complexity index is 795. The third kappa shape index (κ3) is 3.45. The van der Waals surface area contributed by atoms with Gasteiger partial charge in [0.05, 0.1) is 5.30 Å². The highest BCUT2D eigenvalue weighted by molar-refractivity contribution is 7.60. The first-order chi connectivity index (χ1) is 10.7. The third-order valence-electron chi connectivity index (χ3n) is 3.95. The average molecular weight is 332 g/mol. The molecule has 2 N–H and O–H groups in total. The van der Waals surface area contributed by atoms with Crippen LogP contribution in [0, 0.1) is 20.8 Å². The minimum Gasteiger partial charge on any atom is -0.321 e. The summed E-state index contributed by atoms with van der Waals surface area (Å²) in [6.45, 7) is 7.51. The van der Waals surface area contributed by atoms with Crippen molar-refractivity contribution in [3.63, 3.8) is 0 Å². The molecule has 4 nitrogen and oxygen atoms in total. The van der Waals surface area contributed by atoms with E-state index in [1.165, 1.54) is 6.07 Å². The van der Waals surface area contributed by atoms with Crippen LogP contribution in [0.25, 0.3) is 0 Å². The lowest BCUT2D eigenvalue weighted by atomic mass is 9.90. The Balaban J connectivity index is 2.77. The Hall–Kier alpha value is -1.74. The van der Waals surface area contributed by atoms with E-state index in [9.17, 15) is 19.1 Å². The summed E-state index contributed by atoms with van der Waals surface area (Å²) in [6.07, 6.45) is 0.527. The molecule has 0 aliphatic heterocycles. The van der Waals surface area contributed by atoms with Crippen LogP contribution < -0.4 is 5.30 Å². The van der Waals surface area contributed by atoms with E-state index in [2.05, 4.69) is 0 Å². The zero-order valence-corrected chi connectivity index (χ0v) is 14.6. The van der Waals surface area contributed by atoms with Gasteiger partial charge in [-0.15, -0.1) is 0 Å². The maximum atomic E-state index is 13.1. The molecule has 2 aromatic carbocycles. The summed E-state index contributed by atoms with van der Waals surface area (Å²) in [5.74, 6) is -0.323. The van der Waals surface area contributed by atoms with Crippen LogP contribution >= 0.6 is 7.60 Å². The van der Waals surface area contributed by atoms with Crippen molar-refractivity contribution in [1.29, 1.82) is 0 Å². The number of hydrogen-bond donors (Lipinski definition) is 2. The highest BCUT2D eigenvalue weighted by atomic mass is 31.2. The summed E-state index contributed by atoms with van der Waals surface area (Å²) in [7, 11) is -4.53. The number of carbonyl (C=O) groups is 1. The van der Waals surface area contributed by atoms with Gasteiger partial charge in [-0.25, -0.2) is 0 Å². The van der Waals surface area contributed by atoms with Gasteiger partial charge in [0.1, 0.15) is 0 Å². The highest BCUT2D eigenvalue weighted by Crippen LogP contribution is 2.36. The summed E-state index contributed by atoms with van der Waals surface area (Å²) in [5, 5.41) is -0.193. The van der Waals surface area contributed by atoms with E-state index < -0.39 is 7.60 Å². The fourth-order valence-corrected chi connectivity index (χ4v) is 3.87. The van der Waals surface area contributed by atoms with Gasteiger partial charge in [-0.3, -0.25) is 9.36 Å². The van der Waals surface area contributed by atoms with Gasteiger partial charge in [-0.2, -0.15) is 0 Å². The summed E-state index contributed by atoms with van der Waals surface area (Å²) >= 11 is 0. The maximum absolute atomic E-state index is 13.1. The van der Waals surface area contributed by atoms with Crippen LogP contribution in [0.2, 0.25) is 0 Å². The van der Waals surface area contributed by atoms with Gasteiger partial charge >= 0.3 is 7.60 Å². The Kier molecular flexibility index (Phi) is 4.90. The lowest BCUT2D eigenvalue weighted by Gasteiger charge is -2.17. The minimum atomic E-state index is -4.53. The van der Waals surface area contributed by atoms with Crippen molar-refractivity contribution < 1.29 is 19.1 Å². The molecule has 5 heteroatoms. The van der Waals surface area contributed by atoms with Crippen LogP contribution in [0.15, 0.2) is 30.3 Å². The van der Waals surface area contributed by atoms with Gasteiger partial charge in [-0.1, -0.05) is 36.8 Å². The molecular formula is C18H21O4P. The third-order valence-corrected chi connectivity index (χ3v) is 4.95. The van der Waals surface area contributed by atoms with E-state index in [0.717, 1.165) is 16.7 Å². The predicted octanol–water partition coefficient (Wildman–Crippen LogP) is 3.21. The number of rotatable bonds is 4. The van der Waals surface area contributed by atoms with Crippen molar-refractivity contribution in [3.8, 4) is 0 Å². The van der Waals surface area contributed by atoms with E-state index in [0.29, 0.717) is 17.5 Å². The van der Waals surface area contributed by atoms with E-state index >= 15 is 0 Å². The van der Waals surface area contributed by atoms with Crippen LogP contribution in [0.3, 0.4) is 0 Å². The molecule has 0 aromatic heterocycles. The van der Waals surface area contributed by atoms with Crippen molar-refractivity contribution in [3.05, 3.63) is 63.7 Å². The van der Waals surface area contributed by atoms with Crippen LogP contribution in [-0.4, -0.2) is 15.6 Å². The van der Waals surface area contributed by atoms with Gasteiger partial charge in [-0.05, 0) is 49.9 Å². The number of carbonyl (C=O) groups excluding carboxylic acids is 1. The van der Waals surface area contributed by atoms with Gasteiger partial charge in [0.25, 0.3) is 0 Å². The summed E-state index contributed by atoms with van der Waals surface area (Å²) in [5.41, 5.74) is 3.99. The van der Waals surface area contributed by atoms with E-state index in [-0.39, 0.29) is 16.7 Å². The molecule has 0 radical (unpaired) electrons. The number of benzene rings is 2. The molecule has 0 saturated carbocycles. The first-order valence-electron chi connectivity index (χ1n) is 7.47. The van der Waals surface area contributed by atoms with Crippen molar-refractivity contribution in [1.82, 2.24) is 0 Å². The van der Waals surface area contributed by atoms with Gasteiger partial charge < -0.3 is 9.79 Å². The standard InChI is InChI=1S/C18H21O4P/c1-5-14-7-6-8-15(23(20,21)22)17(14)18(19)16-12(3)9-11(2)10-13(16)4/h6-10H,5H2,1-4H3,(H2,20,21,22). The molecule has 0 aliphatic rings. The van der Waals surface area contributed by atoms with E-state index in [1.54, 1.807) is 12.1 Å². The Labute approximate surface area is 136 Å². The molecule has 0 amide bonds. The monoisotopic (exact) mass is 332 g/mol.